The van der Waals surface area contributed by atoms with Gasteiger partial charge in [-0.1, -0.05) is 118 Å². The minimum absolute atomic E-state index is 0.00954. The Hall–Kier alpha value is -3.64. The lowest BCUT2D eigenvalue weighted by Gasteiger charge is -2.24. The van der Waals surface area contributed by atoms with Crippen LogP contribution >= 0.6 is 11.6 Å². The van der Waals surface area contributed by atoms with Gasteiger partial charge in [0.2, 0.25) is 0 Å². The molecular formula is C40H44ClNO3S. The van der Waals surface area contributed by atoms with E-state index in [0.29, 0.717) is 0 Å². The third-order valence-corrected chi connectivity index (χ3v) is 11.0. The van der Waals surface area contributed by atoms with E-state index in [1.165, 1.54) is 62.5 Å². The predicted octanol–water partition coefficient (Wildman–Crippen LogP) is 10.5. The number of benzene rings is 3. The topological polar surface area (TPSA) is 57.6 Å². The van der Waals surface area contributed by atoms with Crippen molar-refractivity contribution in [2.24, 2.45) is 0 Å². The van der Waals surface area contributed by atoms with Crippen LogP contribution in [0.3, 0.4) is 0 Å². The van der Waals surface area contributed by atoms with Gasteiger partial charge in [-0.25, -0.2) is 0 Å². The molecule has 6 rings (SSSR count). The molecule has 1 N–H and O–H groups in total. The van der Waals surface area contributed by atoms with E-state index in [4.69, 9.17) is 16.2 Å². The molecule has 0 fully saturated rings. The average Bonchev–Trinajstić information content (AvgIpc) is 3.33. The van der Waals surface area contributed by atoms with Crippen molar-refractivity contribution in [2.75, 3.05) is 11.9 Å². The van der Waals surface area contributed by atoms with Crippen molar-refractivity contribution < 1.29 is 13.0 Å². The van der Waals surface area contributed by atoms with Gasteiger partial charge in [0.1, 0.15) is 0 Å². The Labute approximate surface area is 280 Å². The summed E-state index contributed by atoms with van der Waals surface area (Å²) in [5, 5.41) is 0.923. The summed E-state index contributed by atoms with van der Waals surface area (Å²) >= 11 is 7.01. The maximum absolute atomic E-state index is 10.5. The molecule has 0 saturated heterocycles. The molecule has 6 heteroatoms. The van der Waals surface area contributed by atoms with Crippen molar-refractivity contribution in [1.82, 2.24) is 0 Å². The fourth-order valence-electron chi connectivity index (χ4n) is 7.03. The molecule has 3 aromatic rings. The number of hydrogen-bond acceptors (Lipinski definition) is 3. The van der Waals surface area contributed by atoms with Crippen LogP contribution in [0, 0.1) is 6.92 Å². The summed E-state index contributed by atoms with van der Waals surface area (Å²) in [6, 6.07) is 23.5. The van der Waals surface area contributed by atoms with Gasteiger partial charge in [0.05, 0.1) is 4.90 Å². The van der Waals surface area contributed by atoms with Crippen molar-refractivity contribution in [2.45, 2.75) is 76.5 Å². The number of para-hydroxylation sites is 1. The van der Waals surface area contributed by atoms with E-state index in [0.717, 1.165) is 29.9 Å². The maximum atomic E-state index is 10.5. The summed E-state index contributed by atoms with van der Waals surface area (Å²) in [6.45, 7) is 13.4. The fourth-order valence-corrected chi connectivity index (χ4v) is 7.83. The first-order valence-electron chi connectivity index (χ1n) is 15.8. The molecule has 0 aromatic heterocycles. The summed E-state index contributed by atoms with van der Waals surface area (Å²) in [5.41, 5.74) is 13.0. The first-order chi connectivity index (χ1) is 21.6. The van der Waals surface area contributed by atoms with Crippen LogP contribution < -0.4 is 4.90 Å². The molecule has 0 unspecified atom stereocenters. The van der Waals surface area contributed by atoms with Crippen molar-refractivity contribution in [3.05, 3.63) is 147 Å². The van der Waals surface area contributed by atoms with Crippen LogP contribution in [0.15, 0.2) is 129 Å². The highest BCUT2D eigenvalue weighted by Gasteiger charge is 2.38. The molecule has 1 heterocycles. The standard InChI is InChI=1S/C33H36ClN.C7H8O3S/c1-22-25-14-7-8-15-27(25)32(2,3)26(22)20-18-23-12-11-13-24(31(23)34)19-21-30-33(4,5)28-16-9-10-17-29(28)35(30)6;1-6-2-4-7(5-3-6)11(8,9)10/h7-10,14-21H,11-13H2,1-6H3;2-5H,1H3,(H,8,9,10)/b20-18+,24-19?,30-21+;. The number of nitrogens with zero attached hydrogens (tertiary/aromatic N) is 1. The lowest BCUT2D eigenvalue weighted by molar-refractivity contribution is 0.483. The van der Waals surface area contributed by atoms with Gasteiger partial charge in [0, 0.05) is 34.3 Å². The van der Waals surface area contributed by atoms with Gasteiger partial charge in [0.15, 0.2) is 0 Å². The highest BCUT2D eigenvalue weighted by molar-refractivity contribution is 7.85. The van der Waals surface area contributed by atoms with Gasteiger partial charge < -0.3 is 4.90 Å². The molecule has 0 amide bonds. The second kappa shape index (κ2) is 12.9. The van der Waals surface area contributed by atoms with Crippen molar-refractivity contribution in [3.8, 4) is 0 Å². The Kier molecular flexibility index (Phi) is 9.43. The number of aryl methyl sites for hydroxylation is 1. The Morgan fingerprint density at radius 1 is 0.804 bits per heavy atom. The number of allylic oxidation sites excluding steroid dienone is 10. The van der Waals surface area contributed by atoms with Crippen LogP contribution in [0.4, 0.5) is 5.69 Å². The monoisotopic (exact) mass is 653 g/mol. The summed E-state index contributed by atoms with van der Waals surface area (Å²) in [6.07, 6.45) is 12.3. The van der Waals surface area contributed by atoms with E-state index >= 15 is 0 Å². The highest BCUT2D eigenvalue weighted by atomic mass is 35.5. The van der Waals surface area contributed by atoms with E-state index in [1.54, 1.807) is 12.1 Å². The SMILES string of the molecule is CC1=C(/C=C/C2=C(Cl)C(=C/C=C3/N(C)c4ccccc4C3(C)C)CCC2)C(C)(C)c2ccccc21.Cc1ccc(S(=O)(=O)O)cc1. The lowest BCUT2D eigenvalue weighted by Crippen LogP contribution is -2.22. The smallest absolute Gasteiger partial charge is 0.294 e. The van der Waals surface area contributed by atoms with Crippen molar-refractivity contribution >= 4 is 33.0 Å². The minimum atomic E-state index is -4.02. The summed E-state index contributed by atoms with van der Waals surface area (Å²) in [4.78, 5) is 2.26. The molecule has 240 valence electrons. The second-order valence-corrected chi connectivity index (χ2v) is 15.3. The zero-order chi connectivity index (χ0) is 33.4. The molecule has 3 aliphatic rings. The Morgan fingerprint density at radius 3 is 2.07 bits per heavy atom. The van der Waals surface area contributed by atoms with Crippen LogP contribution in [-0.2, 0) is 20.9 Å². The quantitative estimate of drug-likeness (QED) is 0.285. The van der Waals surface area contributed by atoms with E-state index in [-0.39, 0.29) is 15.7 Å². The number of rotatable bonds is 4. The Balaban J connectivity index is 0.000000322. The Bertz CT molecular complexity index is 1920. The fraction of sp³-hybridized carbons (Fsp3) is 0.300. The molecule has 46 heavy (non-hydrogen) atoms. The second-order valence-electron chi connectivity index (χ2n) is 13.5. The van der Waals surface area contributed by atoms with Crippen molar-refractivity contribution in [3.63, 3.8) is 0 Å². The molecule has 0 radical (unpaired) electrons. The minimum Gasteiger partial charge on any atom is -0.347 e. The van der Waals surface area contributed by atoms with Crippen LogP contribution in [0.1, 0.15) is 76.1 Å². The van der Waals surface area contributed by atoms with Crippen LogP contribution in [0.5, 0.6) is 0 Å². The van der Waals surface area contributed by atoms with E-state index in [1.807, 2.05) is 6.92 Å². The van der Waals surface area contributed by atoms with Gasteiger partial charge in [0.25, 0.3) is 10.1 Å². The summed E-state index contributed by atoms with van der Waals surface area (Å²) in [7, 11) is -1.85. The van der Waals surface area contributed by atoms with Crippen LogP contribution in [0.25, 0.3) is 5.57 Å². The normalized spacial score (nSPS) is 20.3. The third kappa shape index (κ3) is 6.46. The molecule has 0 atom stereocenters. The first kappa shape index (κ1) is 33.7. The van der Waals surface area contributed by atoms with Crippen LogP contribution in [-0.4, -0.2) is 20.0 Å². The maximum Gasteiger partial charge on any atom is 0.294 e. The number of likely N-dealkylation sites (N-methyl/N-ethyl adjacent to an activating group) is 1. The van der Waals surface area contributed by atoms with Gasteiger partial charge in [-0.15, -0.1) is 0 Å². The molecule has 3 aromatic carbocycles. The van der Waals surface area contributed by atoms with Crippen molar-refractivity contribution in [1.29, 1.82) is 0 Å². The molecular weight excluding hydrogens is 610 g/mol. The third-order valence-electron chi connectivity index (χ3n) is 9.69. The molecule has 0 saturated carbocycles. The number of hydrogen-bond donors (Lipinski definition) is 1. The highest BCUT2D eigenvalue weighted by Crippen LogP contribution is 2.48. The number of anilines is 1. The zero-order valence-electron chi connectivity index (χ0n) is 27.9. The number of fused-ring (bicyclic) bond motifs is 2. The van der Waals surface area contributed by atoms with E-state index in [9.17, 15) is 8.42 Å². The van der Waals surface area contributed by atoms with E-state index in [2.05, 4.69) is 119 Å². The number of halogens is 1. The predicted molar refractivity (Wildman–Crippen MR) is 193 cm³/mol. The summed E-state index contributed by atoms with van der Waals surface area (Å²) < 4.78 is 29.6. The summed E-state index contributed by atoms with van der Waals surface area (Å²) in [5.74, 6) is 0. The molecule has 0 spiro atoms. The van der Waals surface area contributed by atoms with Gasteiger partial charge >= 0.3 is 0 Å². The van der Waals surface area contributed by atoms with E-state index < -0.39 is 10.1 Å². The van der Waals surface area contributed by atoms with Crippen LogP contribution in [0.2, 0.25) is 0 Å². The molecule has 2 aliphatic carbocycles. The molecule has 1 aliphatic heterocycles. The lowest BCUT2D eigenvalue weighted by atomic mass is 9.80. The van der Waals surface area contributed by atoms with Gasteiger partial charge in [-0.2, -0.15) is 8.42 Å². The zero-order valence-corrected chi connectivity index (χ0v) is 29.4. The first-order valence-corrected chi connectivity index (χ1v) is 17.6. The molecule has 4 nitrogen and oxygen atoms in total. The van der Waals surface area contributed by atoms with Gasteiger partial charge in [-0.3, -0.25) is 4.55 Å². The molecule has 0 bridgehead atoms. The largest absolute Gasteiger partial charge is 0.347 e. The average molecular weight is 654 g/mol. The Morgan fingerprint density at radius 2 is 1.43 bits per heavy atom. The van der Waals surface area contributed by atoms with Gasteiger partial charge in [-0.05, 0) is 96.4 Å².